The Morgan fingerprint density at radius 3 is 0.973 bits per heavy atom. The lowest BCUT2D eigenvalue weighted by molar-refractivity contribution is -0.152. The number of hydrogen-bond acceptors (Lipinski definition) is 5. The smallest absolute Gasteiger partial charge is 0.305 e. The lowest BCUT2D eigenvalue weighted by Crippen LogP contribution is -2.25. The third kappa shape index (κ3) is 29.3. The first kappa shape index (κ1) is 35.9. The quantitative estimate of drug-likeness (QED) is 0.0776. The Labute approximate surface area is 229 Å². The number of unbranched alkanes of at least 4 members (excludes halogenated alkanes) is 21. The van der Waals surface area contributed by atoms with Gasteiger partial charge in [0.1, 0.15) is 19.3 Å². The van der Waals surface area contributed by atoms with Crippen LogP contribution in [-0.4, -0.2) is 36.4 Å². The van der Waals surface area contributed by atoms with Crippen molar-refractivity contribution in [3.8, 4) is 0 Å². The molecule has 220 valence electrons. The van der Waals surface area contributed by atoms with Gasteiger partial charge in [-0.25, -0.2) is 0 Å². The third-order valence-corrected chi connectivity index (χ3v) is 7.09. The maximum atomic E-state index is 11.9. The molecule has 0 unspecified atom stereocenters. The zero-order valence-electron chi connectivity index (χ0n) is 24.7. The number of aliphatic hydroxyl groups is 1. The van der Waals surface area contributed by atoms with Gasteiger partial charge in [0, 0.05) is 12.8 Å². The Kier molecular flexibility index (Phi) is 28.6. The van der Waals surface area contributed by atoms with Crippen molar-refractivity contribution in [2.75, 3.05) is 13.2 Å². The Balaban J connectivity index is 3.41. The average molecular weight is 527 g/mol. The zero-order valence-corrected chi connectivity index (χ0v) is 24.7. The fourth-order valence-corrected chi connectivity index (χ4v) is 4.61. The molecule has 0 aromatic carbocycles. The molecule has 0 aromatic heterocycles. The Hall–Kier alpha value is -1.10. The van der Waals surface area contributed by atoms with Crippen LogP contribution in [0.2, 0.25) is 0 Å². The first-order chi connectivity index (χ1) is 18.1. The molecule has 5 heteroatoms. The van der Waals surface area contributed by atoms with E-state index in [1.165, 1.54) is 122 Å². The highest BCUT2D eigenvalue weighted by atomic mass is 16.6. The number of esters is 2. The second kappa shape index (κ2) is 29.5. The van der Waals surface area contributed by atoms with Gasteiger partial charge in [0.15, 0.2) is 0 Å². The number of carbonyl (C=O) groups excluding carboxylic acids is 2. The molecule has 0 aliphatic carbocycles. The maximum Gasteiger partial charge on any atom is 0.305 e. The van der Waals surface area contributed by atoms with E-state index in [2.05, 4.69) is 13.8 Å². The van der Waals surface area contributed by atoms with Crippen LogP contribution in [0.3, 0.4) is 0 Å². The van der Waals surface area contributed by atoms with E-state index >= 15 is 0 Å². The fraction of sp³-hybridized carbons (Fsp3) is 0.938. The van der Waals surface area contributed by atoms with Crippen LogP contribution in [0.1, 0.15) is 174 Å². The minimum atomic E-state index is -0.952. The van der Waals surface area contributed by atoms with Crippen molar-refractivity contribution in [2.45, 2.75) is 180 Å². The van der Waals surface area contributed by atoms with Gasteiger partial charge < -0.3 is 14.6 Å². The van der Waals surface area contributed by atoms with Gasteiger partial charge >= 0.3 is 11.9 Å². The van der Waals surface area contributed by atoms with Gasteiger partial charge in [-0.05, 0) is 12.8 Å². The SMILES string of the molecule is CCCCCCCCCCCCCCCC(=O)OC[C@@H](O)COC(=O)CCCCCCCCCCCC. The first-order valence-electron chi connectivity index (χ1n) is 16.1. The Morgan fingerprint density at radius 2 is 0.703 bits per heavy atom. The second-order valence-corrected chi connectivity index (χ2v) is 10.9. The molecule has 0 spiro atoms. The molecule has 37 heavy (non-hydrogen) atoms. The van der Waals surface area contributed by atoms with E-state index < -0.39 is 6.10 Å². The van der Waals surface area contributed by atoms with Crippen LogP contribution in [0.5, 0.6) is 0 Å². The summed E-state index contributed by atoms with van der Waals surface area (Å²) in [6.45, 7) is 4.28. The van der Waals surface area contributed by atoms with E-state index in [0.717, 1.165) is 25.7 Å². The standard InChI is InChI=1S/C32H62O5/c1-3-5-7-9-11-13-15-16-17-19-21-23-25-27-32(35)37-29-30(33)28-36-31(34)26-24-22-20-18-14-12-10-8-6-4-2/h30,33H,3-29H2,1-2H3/t30-/m0/s1. The molecule has 0 radical (unpaired) electrons. The maximum absolute atomic E-state index is 11.9. The van der Waals surface area contributed by atoms with E-state index in [-0.39, 0.29) is 25.2 Å². The number of aliphatic hydroxyl groups excluding tert-OH is 1. The summed E-state index contributed by atoms with van der Waals surface area (Å²) in [7, 11) is 0. The van der Waals surface area contributed by atoms with Gasteiger partial charge in [-0.15, -0.1) is 0 Å². The minimum Gasteiger partial charge on any atom is -0.463 e. The van der Waals surface area contributed by atoms with Crippen LogP contribution >= 0.6 is 0 Å². The normalized spacial score (nSPS) is 12.0. The third-order valence-electron chi connectivity index (χ3n) is 7.09. The summed E-state index contributed by atoms with van der Waals surface area (Å²) in [5.74, 6) is -0.560. The highest BCUT2D eigenvalue weighted by molar-refractivity contribution is 5.69. The molecule has 0 saturated heterocycles. The predicted octanol–water partition coefficient (Wildman–Crippen LogP) is 9.23. The molecular weight excluding hydrogens is 464 g/mol. The average Bonchev–Trinajstić information content (AvgIpc) is 2.90. The number of ether oxygens (including phenoxy) is 2. The van der Waals surface area contributed by atoms with Crippen molar-refractivity contribution in [2.24, 2.45) is 0 Å². The topological polar surface area (TPSA) is 72.8 Å². The molecule has 0 saturated carbocycles. The highest BCUT2D eigenvalue weighted by Gasteiger charge is 2.12. The molecule has 0 heterocycles. The number of carbonyl (C=O) groups is 2. The summed E-state index contributed by atoms with van der Waals surface area (Å²) in [6.07, 6.45) is 28.6. The summed E-state index contributed by atoms with van der Waals surface area (Å²) < 4.78 is 10.3. The summed E-state index contributed by atoms with van der Waals surface area (Å²) >= 11 is 0. The van der Waals surface area contributed by atoms with Crippen molar-refractivity contribution in [3.63, 3.8) is 0 Å². The molecule has 5 nitrogen and oxygen atoms in total. The van der Waals surface area contributed by atoms with Crippen molar-refractivity contribution < 1.29 is 24.2 Å². The molecular formula is C32H62O5. The van der Waals surface area contributed by atoms with Gasteiger partial charge in [0.05, 0.1) is 0 Å². The fourth-order valence-electron chi connectivity index (χ4n) is 4.61. The lowest BCUT2D eigenvalue weighted by Gasteiger charge is -2.12. The lowest BCUT2D eigenvalue weighted by atomic mass is 10.0. The predicted molar refractivity (Wildman–Crippen MR) is 155 cm³/mol. The van der Waals surface area contributed by atoms with Crippen LogP contribution in [0.4, 0.5) is 0 Å². The Bertz CT molecular complexity index is 494. The minimum absolute atomic E-state index is 0.108. The highest BCUT2D eigenvalue weighted by Crippen LogP contribution is 2.14. The summed E-state index contributed by atoms with van der Waals surface area (Å²) in [5.41, 5.74) is 0. The van der Waals surface area contributed by atoms with E-state index in [4.69, 9.17) is 9.47 Å². The van der Waals surface area contributed by atoms with Gasteiger partial charge in [-0.1, -0.05) is 149 Å². The monoisotopic (exact) mass is 526 g/mol. The van der Waals surface area contributed by atoms with Crippen molar-refractivity contribution >= 4 is 11.9 Å². The summed E-state index contributed by atoms with van der Waals surface area (Å²) in [4.78, 5) is 23.7. The summed E-state index contributed by atoms with van der Waals surface area (Å²) in [6, 6.07) is 0. The van der Waals surface area contributed by atoms with Crippen LogP contribution < -0.4 is 0 Å². The van der Waals surface area contributed by atoms with Gasteiger partial charge in [0.25, 0.3) is 0 Å². The Morgan fingerprint density at radius 1 is 0.459 bits per heavy atom. The van der Waals surface area contributed by atoms with Crippen LogP contribution in [0.15, 0.2) is 0 Å². The van der Waals surface area contributed by atoms with Crippen LogP contribution in [-0.2, 0) is 19.1 Å². The van der Waals surface area contributed by atoms with Gasteiger partial charge in [-0.3, -0.25) is 9.59 Å². The molecule has 0 rings (SSSR count). The number of hydrogen-bond donors (Lipinski definition) is 1. The van der Waals surface area contributed by atoms with Gasteiger partial charge in [0.2, 0.25) is 0 Å². The largest absolute Gasteiger partial charge is 0.463 e. The van der Waals surface area contributed by atoms with E-state index in [9.17, 15) is 14.7 Å². The van der Waals surface area contributed by atoms with Crippen LogP contribution in [0, 0.1) is 0 Å². The van der Waals surface area contributed by atoms with Crippen molar-refractivity contribution in [1.82, 2.24) is 0 Å². The molecule has 0 amide bonds. The molecule has 0 aromatic rings. The van der Waals surface area contributed by atoms with E-state index in [1.54, 1.807) is 0 Å². The molecule has 1 N–H and O–H groups in total. The molecule has 0 fully saturated rings. The van der Waals surface area contributed by atoms with Crippen molar-refractivity contribution in [3.05, 3.63) is 0 Å². The number of rotatable bonds is 29. The molecule has 0 aliphatic heterocycles. The van der Waals surface area contributed by atoms with Gasteiger partial charge in [-0.2, -0.15) is 0 Å². The zero-order chi connectivity index (χ0) is 27.2. The molecule has 0 bridgehead atoms. The second-order valence-electron chi connectivity index (χ2n) is 10.9. The molecule has 1 atom stereocenters. The first-order valence-corrected chi connectivity index (χ1v) is 16.1. The van der Waals surface area contributed by atoms with E-state index in [0.29, 0.717) is 12.8 Å². The van der Waals surface area contributed by atoms with E-state index in [1.807, 2.05) is 0 Å². The molecule has 0 aliphatic rings. The van der Waals surface area contributed by atoms with Crippen molar-refractivity contribution in [1.29, 1.82) is 0 Å². The van der Waals surface area contributed by atoms with Crippen LogP contribution in [0.25, 0.3) is 0 Å². The summed E-state index contributed by atoms with van der Waals surface area (Å²) in [5, 5.41) is 9.92.